The SMILES string of the molecule is CC1CCc2ccc(C(C)C(=O)O)cc21. The molecule has 0 spiro atoms. The van der Waals surface area contributed by atoms with Gasteiger partial charge in [0.15, 0.2) is 0 Å². The Bertz CT molecular complexity index is 396. The Kier molecular flexibility index (Phi) is 2.51. The molecule has 0 heterocycles. The lowest BCUT2D eigenvalue weighted by Crippen LogP contribution is -2.07. The molecule has 2 rings (SSSR count). The van der Waals surface area contributed by atoms with Crippen molar-refractivity contribution in [2.24, 2.45) is 0 Å². The monoisotopic (exact) mass is 204 g/mol. The van der Waals surface area contributed by atoms with E-state index in [0.29, 0.717) is 5.92 Å². The van der Waals surface area contributed by atoms with Crippen LogP contribution in [0.4, 0.5) is 0 Å². The third-order valence-corrected chi connectivity index (χ3v) is 3.42. The smallest absolute Gasteiger partial charge is 0.310 e. The molecular formula is C13H16O2. The second kappa shape index (κ2) is 3.69. The summed E-state index contributed by atoms with van der Waals surface area (Å²) >= 11 is 0. The lowest BCUT2D eigenvalue weighted by Gasteiger charge is -2.10. The standard InChI is InChI=1S/C13H16O2/c1-8-3-4-10-5-6-11(7-12(8)10)9(2)13(14)15/h5-9H,3-4H2,1-2H3,(H,14,15). The molecule has 1 aliphatic rings. The first-order valence-corrected chi connectivity index (χ1v) is 5.45. The Labute approximate surface area is 89.9 Å². The average Bonchev–Trinajstić information content (AvgIpc) is 2.59. The van der Waals surface area contributed by atoms with Gasteiger partial charge in [-0.15, -0.1) is 0 Å². The van der Waals surface area contributed by atoms with Gasteiger partial charge >= 0.3 is 5.97 Å². The highest BCUT2D eigenvalue weighted by atomic mass is 16.4. The maximum atomic E-state index is 10.9. The summed E-state index contributed by atoms with van der Waals surface area (Å²) in [5.41, 5.74) is 3.67. The first-order valence-electron chi connectivity index (χ1n) is 5.45. The van der Waals surface area contributed by atoms with E-state index in [2.05, 4.69) is 19.1 Å². The Morgan fingerprint density at radius 3 is 2.93 bits per heavy atom. The summed E-state index contributed by atoms with van der Waals surface area (Å²) in [6.45, 7) is 3.95. The fourth-order valence-electron chi connectivity index (χ4n) is 2.24. The highest BCUT2D eigenvalue weighted by Crippen LogP contribution is 2.34. The molecular weight excluding hydrogens is 188 g/mol. The van der Waals surface area contributed by atoms with Crippen LogP contribution in [0.5, 0.6) is 0 Å². The number of carboxylic acids is 1. The number of aliphatic carboxylic acids is 1. The lowest BCUT2D eigenvalue weighted by molar-refractivity contribution is -0.138. The van der Waals surface area contributed by atoms with Crippen molar-refractivity contribution < 1.29 is 9.90 Å². The third kappa shape index (κ3) is 1.76. The van der Waals surface area contributed by atoms with Gasteiger partial charge < -0.3 is 5.11 Å². The predicted octanol–water partition coefficient (Wildman–Crippen LogP) is 2.92. The van der Waals surface area contributed by atoms with E-state index in [1.807, 2.05) is 6.07 Å². The summed E-state index contributed by atoms with van der Waals surface area (Å²) in [6, 6.07) is 6.12. The Morgan fingerprint density at radius 2 is 2.27 bits per heavy atom. The molecule has 0 bridgehead atoms. The number of rotatable bonds is 2. The molecule has 1 N–H and O–H groups in total. The van der Waals surface area contributed by atoms with Gasteiger partial charge in [0.2, 0.25) is 0 Å². The molecule has 0 saturated heterocycles. The normalized spacial score (nSPS) is 21.1. The zero-order chi connectivity index (χ0) is 11.0. The van der Waals surface area contributed by atoms with Crippen molar-refractivity contribution in [3.63, 3.8) is 0 Å². The zero-order valence-electron chi connectivity index (χ0n) is 9.16. The topological polar surface area (TPSA) is 37.3 Å². The molecule has 2 heteroatoms. The highest BCUT2D eigenvalue weighted by molar-refractivity contribution is 5.75. The summed E-state index contributed by atoms with van der Waals surface area (Å²) in [5, 5.41) is 8.95. The first-order chi connectivity index (χ1) is 7.09. The molecule has 1 aromatic carbocycles. The summed E-state index contributed by atoms with van der Waals surface area (Å²) in [4.78, 5) is 10.9. The van der Waals surface area contributed by atoms with Crippen molar-refractivity contribution in [1.82, 2.24) is 0 Å². The highest BCUT2D eigenvalue weighted by Gasteiger charge is 2.21. The molecule has 15 heavy (non-hydrogen) atoms. The van der Waals surface area contributed by atoms with Crippen LogP contribution in [0.15, 0.2) is 18.2 Å². The Balaban J connectivity index is 2.37. The van der Waals surface area contributed by atoms with Gasteiger partial charge in [-0.3, -0.25) is 4.79 Å². The molecule has 0 aliphatic heterocycles. The third-order valence-electron chi connectivity index (χ3n) is 3.42. The molecule has 1 aliphatic carbocycles. The molecule has 0 aromatic heterocycles. The van der Waals surface area contributed by atoms with Gasteiger partial charge in [-0.2, -0.15) is 0 Å². The molecule has 2 atom stereocenters. The molecule has 2 nitrogen and oxygen atoms in total. The van der Waals surface area contributed by atoms with Crippen LogP contribution in [0.1, 0.15) is 48.8 Å². The van der Waals surface area contributed by atoms with E-state index >= 15 is 0 Å². The van der Waals surface area contributed by atoms with E-state index in [-0.39, 0.29) is 0 Å². The maximum absolute atomic E-state index is 10.9. The number of hydrogen-bond acceptors (Lipinski definition) is 1. The van der Waals surface area contributed by atoms with Crippen molar-refractivity contribution in [2.75, 3.05) is 0 Å². The van der Waals surface area contributed by atoms with E-state index in [1.54, 1.807) is 6.92 Å². The van der Waals surface area contributed by atoms with Crippen LogP contribution in [0, 0.1) is 0 Å². The van der Waals surface area contributed by atoms with Gasteiger partial charge in [-0.25, -0.2) is 0 Å². The average molecular weight is 204 g/mol. The van der Waals surface area contributed by atoms with Crippen molar-refractivity contribution in [2.45, 2.75) is 38.5 Å². The number of fused-ring (bicyclic) bond motifs is 1. The predicted molar refractivity (Wildman–Crippen MR) is 59.2 cm³/mol. The van der Waals surface area contributed by atoms with E-state index < -0.39 is 11.9 Å². The van der Waals surface area contributed by atoms with E-state index in [1.165, 1.54) is 17.5 Å². The summed E-state index contributed by atoms with van der Waals surface area (Å²) < 4.78 is 0. The Hall–Kier alpha value is -1.31. The largest absolute Gasteiger partial charge is 0.481 e. The second-order valence-electron chi connectivity index (χ2n) is 4.46. The second-order valence-corrected chi connectivity index (χ2v) is 4.46. The van der Waals surface area contributed by atoms with E-state index in [9.17, 15) is 4.79 Å². The molecule has 80 valence electrons. The van der Waals surface area contributed by atoms with Gasteiger partial charge in [0.1, 0.15) is 0 Å². The number of hydrogen-bond donors (Lipinski definition) is 1. The molecule has 0 radical (unpaired) electrons. The number of carboxylic acid groups (broad SMARTS) is 1. The van der Waals surface area contributed by atoms with Crippen molar-refractivity contribution in [3.05, 3.63) is 34.9 Å². The van der Waals surface area contributed by atoms with Crippen LogP contribution in [-0.4, -0.2) is 11.1 Å². The van der Waals surface area contributed by atoms with Crippen LogP contribution in [0.25, 0.3) is 0 Å². The number of aryl methyl sites for hydroxylation is 1. The van der Waals surface area contributed by atoms with Crippen molar-refractivity contribution in [3.8, 4) is 0 Å². The maximum Gasteiger partial charge on any atom is 0.310 e. The fraction of sp³-hybridized carbons (Fsp3) is 0.462. The van der Waals surface area contributed by atoms with Crippen LogP contribution in [-0.2, 0) is 11.2 Å². The van der Waals surface area contributed by atoms with Gasteiger partial charge in [0.05, 0.1) is 5.92 Å². The van der Waals surface area contributed by atoms with E-state index in [4.69, 9.17) is 5.11 Å². The minimum Gasteiger partial charge on any atom is -0.481 e. The zero-order valence-corrected chi connectivity index (χ0v) is 9.16. The molecule has 2 unspecified atom stereocenters. The molecule has 1 aromatic rings. The summed E-state index contributed by atoms with van der Waals surface area (Å²) in [7, 11) is 0. The van der Waals surface area contributed by atoms with Gasteiger partial charge in [0, 0.05) is 0 Å². The number of carbonyl (C=O) groups is 1. The van der Waals surface area contributed by atoms with Crippen LogP contribution in [0.3, 0.4) is 0 Å². The lowest BCUT2D eigenvalue weighted by atomic mass is 9.95. The van der Waals surface area contributed by atoms with Crippen LogP contribution >= 0.6 is 0 Å². The fourth-order valence-corrected chi connectivity index (χ4v) is 2.24. The molecule has 0 amide bonds. The summed E-state index contributed by atoms with van der Waals surface area (Å²) in [5.74, 6) is -0.565. The van der Waals surface area contributed by atoms with Crippen molar-refractivity contribution >= 4 is 5.97 Å². The minimum atomic E-state index is -0.749. The minimum absolute atomic E-state index is 0.400. The van der Waals surface area contributed by atoms with Gasteiger partial charge in [-0.1, -0.05) is 25.1 Å². The number of benzene rings is 1. The van der Waals surface area contributed by atoms with Crippen molar-refractivity contribution in [1.29, 1.82) is 0 Å². The molecule has 0 fully saturated rings. The van der Waals surface area contributed by atoms with E-state index in [0.717, 1.165) is 12.0 Å². The summed E-state index contributed by atoms with van der Waals surface area (Å²) in [6.07, 6.45) is 2.33. The van der Waals surface area contributed by atoms with Crippen LogP contribution < -0.4 is 0 Å². The molecule has 0 saturated carbocycles. The Morgan fingerprint density at radius 1 is 1.53 bits per heavy atom. The van der Waals surface area contributed by atoms with Gasteiger partial charge in [-0.05, 0) is 42.4 Å². The van der Waals surface area contributed by atoms with Crippen LogP contribution in [0.2, 0.25) is 0 Å². The van der Waals surface area contributed by atoms with Gasteiger partial charge in [0.25, 0.3) is 0 Å². The first kappa shape index (κ1) is 10.2. The quantitative estimate of drug-likeness (QED) is 0.804.